The molecule has 0 saturated carbocycles. The van der Waals surface area contributed by atoms with Crippen molar-refractivity contribution in [3.8, 4) is 11.1 Å². The van der Waals surface area contributed by atoms with E-state index in [0.29, 0.717) is 12.1 Å². The minimum Gasteiger partial charge on any atom is -0.449 e. The Morgan fingerprint density at radius 2 is 1.37 bits per heavy atom. The number of halogens is 6. The Kier molecular flexibility index (Phi) is 6.27. The summed E-state index contributed by atoms with van der Waals surface area (Å²) >= 11 is 0. The van der Waals surface area contributed by atoms with Crippen LogP contribution in [0.3, 0.4) is 0 Å². The maximum atomic E-state index is 13.7. The number of amides is 1. The van der Waals surface area contributed by atoms with Gasteiger partial charge in [-0.2, -0.15) is 26.3 Å². The number of ether oxygens (including phenoxy) is 1. The molecule has 35 heavy (non-hydrogen) atoms. The molecule has 1 aliphatic carbocycles. The molecule has 1 atom stereocenters. The average molecular weight is 495 g/mol. The summed E-state index contributed by atoms with van der Waals surface area (Å²) in [6, 6.07) is 17.1. The van der Waals surface area contributed by atoms with Gasteiger partial charge in [0, 0.05) is 5.92 Å². The van der Waals surface area contributed by atoms with E-state index in [2.05, 4.69) is 0 Å². The van der Waals surface area contributed by atoms with Gasteiger partial charge in [0.15, 0.2) is 0 Å². The number of rotatable bonds is 5. The molecule has 0 radical (unpaired) electrons. The number of aliphatic hydroxyl groups is 1. The predicted octanol–water partition coefficient (Wildman–Crippen LogP) is 5.99. The van der Waals surface area contributed by atoms with E-state index < -0.39 is 41.7 Å². The molecule has 1 unspecified atom stereocenters. The molecule has 4 nitrogen and oxygen atoms in total. The minimum absolute atomic E-state index is 0.187. The fourth-order valence-corrected chi connectivity index (χ4v) is 4.17. The number of hydrogen-bond acceptors (Lipinski definition) is 3. The van der Waals surface area contributed by atoms with Crippen molar-refractivity contribution < 1.29 is 41.0 Å². The number of alkyl halides is 6. The summed E-state index contributed by atoms with van der Waals surface area (Å²) in [5.41, 5.74) is -2.51. The largest absolute Gasteiger partial charge is 0.449 e. The van der Waals surface area contributed by atoms with Crippen LogP contribution in [-0.2, 0) is 16.5 Å². The van der Waals surface area contributed by atoms with Crippen LogP contribution in [0.15, 0.2) is 72.8 Å². The van der Waals surface area contributed by atoms with E-state index in [1.165, 1.54) is 0 Å². The first-order valence-electron chi connectivity index (χ1n) is 10.5. The first kappa shape index (κ1) is 24.6. The van der Waals surface area contributed by atoms with Gasteiger partial charge < -0.3 is 15.2 Å². The molecule has 0 fully saturated rings. The van der Waals surface area contributed by atoms with Crippen molar-refractivity contribution in [1.29, 1.82) is 0 Å². The highest BCUT2D eigenvalue weighted by atomic mass is 19.4. The third kappa shape index (κ3) is 4.70. The summed E-state index contributed by atoms with van der Waals surface area (Å²) in [5.74, 6) is -0.349. The van der Waals surface area contributed by atoms with Crippen molar-refractivity contribution in [2.24, 2.45) is 0 Å². The van der Waals surface area contributed by atoms with Gasteiger partial charge in [-0.1, -0.05) is 60.7 Å². The van der Waals surface area contributed by atoms with E-state index in [1.54, 1.807) is 0 Å². The maximum Gasteiger partial charge on any atom is 0.423 e. The van der Waals surface area contributed by atoms with Crippen LogP contribution in [0.1, 0.15) is 28.2 Å². The molecular weight excluding hydrogens is 476 g/mol. The smallest absolute Gasteiger partial charge is 0.423 e. The third-order valence-electron chi connectivity index (χ3n) is 5.97. The highest BCUT2D eigenvalue weighted by Crippen LogP contribution is 2.44. The standard InChI is InChI=1S/C25H19F6NO3/c26-24(27,28)16-7-5-6-15(12-16)23(34,25(29,30)31)14-32-22(33)35-13-21-19-10-3-1-8-17(19)18-9-2-4-11-20(18)21/h1-12,21,34H,13-14H2,(H,32,33). The summed E-state index contributed by atoms with van der Waals surface area (Å²) in [6.07, 6.45) is -11.5. The van der Waals surface area contributed by atoms with Gasteiger partial charge in [-0.15, -0.1) is 0 Å². The summed E-state index contributed by atoms with van der Waals surface area (Å²) in [6.45, 7) is -1.62. The molecule has 0 aliphatic heterocycles. The molecule has 2 N–H and O–H groups in total. The van der Waals surface area contributed by atoms with Crippen LogP contribution in [0.4, 0.5) is 31.1 Å². The molecule has 0 spiro atoms. The van der Waals surface area contributed by atoms with Gasteiger partial charge in [0.2, 0.25) is 5.60 Å². The Bertz CT molecular complexity index is 1190. The molecule has 0 bridgehead atoms. The van der Waals surface area contributed by atoms with Crippen molar-refractivity contribution in [2.75, 3.05) is 13.2 Å². The molecule has 3 aromatic rings. The van der Waals surface area contributed by atoms with Crippen LogP contribution >= 0.6 is 0 Å². The Balaban J connectivity index is 1.48. The van der Waals surface area contributed by atoms with Crippen molar-refractivity contribution in [3.63, 3.8) is 0 Å². The number of fused-ring (bicyclic) bond motifs is 3. The molecule has 184 valence electrons. The first-order chi connectivity index (χ1) is 16.4. The van der Waals surface area contributed by atoms with Crippen LogP contribution in [0.25, 0.3) is 11.1 Å². The topological polar surface area (TPSA) is 58.6 Å². The normalized spacial score (nSPS) is 15.2. The van der Waals surface area contributed by atoms with Crippen LogP contribution in [0.5, 0.6) is 0 Å². The molecule has 0 aromatic heterocycles. The number of carbonyl (C=O) groups excluding carboxylic acids is 1. The summed E-state index contributed by atoms with van der Waals surface area (Å²) < 4.78 is 85.2. The molecule has 1 aliphatic rings. The Morgan fingerprint density at radius 1 is 0.829 bits per heavy atom. The van der Waals surface area contributed by atoms with Crippen LogP contribution < -0.4 is 5.32 Å². The number of hydrogen-bond donors (Lipinski definition) is 2. The SMILES string of the molecule is O=C(NCC(O)(c1cccc(C(F)(F)F)c1)C(F)(F)F)OCC1c2ccccc2-c2ccccc21. The lowest BCUT2D eigenvalue weighted by Crippen LogP contribution is -2.51. The number of nitrogens with one attached hydrogen (secondary N) is 1. The zero-order valence-electron chi connectivity index (χ0n) is 18.0. The van der Waals surface area contributed by atoms with Gasteiger partial charge in [0.25, 0.3) is 0 Å². The van der Waals surface area contributed by atoms with E-state index in [9.17, 15) is 36.2 Å². The number of alkyl carbamates (subject to hydrolysis) is 1. The van der Waals surface area contributed by atoms with Crippen molar-refractivity contribution in [3.05, 3.63) is 95.1 Å². The molecule has 1 amide bonds. The summed E-state index contributed by atoms with van der Waals surface area (Å²) in [7, 11) is 0. The van der Waals surface area contributed by atoms with Crippen LogP contribution in [-0.4, -0.2) is 30.5 Å². The van der Waals surface area contributed by atoms with Gasteiger partial charge in [-0.25, -0.2) is 4.79 Å². The summed E-state index contributed by atoms with van der Waals surface area (Å²) in [5, 5.41) is 12.2. The lowest BCUT2D eigenvalue weighted by Gasteiger charge is -2.31. The monoisotopic (exact) mass is 495 g/mol. The molecular formula is C25H19F6NO3. The Hall–Kier alpha value is -3.53. The zero-order valence-corrected chi connectivity index (χ0v) is 18.0. The van der Waals surface area contributed by atoms with Crippen LogP contribution in [0.2, 0.25) is 0 Å². The quantitative estimate of drug-likeness (QED) is 0.428. The Morgan fingerprint density at radius 3 is 1.91 bits per heavy atom. The Labute approximate surface area is 196 Å². The fourth-order valence-electron chi connectivity index (χ4n) is 4.17. The van der Waals surface area contributed by atoms with Gasteiger partial charge >= 0.3 is 18.4 Å². The van der Waals surface area contributed by atoms with E-state index in [1.807, 2.05) is 53.8 Å². The van der Waals surface area contributed by atoms with Crippen molar-refractivity contribution >= 4 is 6.09 Å². The van der Waals surface area contributed by atoms with Crippen molar-refractivity contribution in [2.45, 2.75) is 23.9 Å². The van der Waals surface area contributed by atoms with Gasteiger partial charge in [0.05, 0.1) is 12.1 Å². The molecule has 10 heteroatoms. The molecule has 0 heterocycles. The summed E-state index contributed by atoms with van der Waals surface area (Å²) in [4.78, 5) is 12.3. The van der Waals surface area contributed by atoms with E-state index in [-0.39, 0.29) is 18.6 Å². The second kappa shape index (κ2) is 8.92. The highest BCUT2D eigenvalue weighted by Gasteiger charge is 2.55. The van der Waals surface area contributed by atoms with Gasteiger partial charge in [-0.05, 0) is 39.9 Å². The molecule has 4 rings (SSSR count). The number of benzene rings is 3. The highest BCUT2D eigenvalue weighted by molar-refractivity contribution is 5.79. The first-order valence-corrected chi connectivity index (χ1v) is 10.5. The van der Waals surface area contributed by atoms with E-state index >= 15 is 0 Å². The molecule has 3 aromatic carbocycles. The van der Waals surface area contributed by atoms with Gasteiger partial charge in [-0.3, -0.25) is 0 Å². The van der Waals surface area contributed by atoms with Crippen LogP contribution in [0, 0.1) is 0 Å². The average Bonchev–Trinajstić information content (AvgIpc) is 3.14. The van der Waals surface area contributed by atoms with Crippen molar-refractivity contribution in [1.82, 2.24) is 5.32 Å². The van der Waals surface area contributed by atoms with Gasteiger partial charge in [0.1, 0.15) is 6.61 Å². The lowest BCUT2D eigenvalue weighted by atomic mass is 9.91. The third-order valence-corrected chi connectivity index (χ3v) is 5.97. The minimum atomic E-state index is -5.38. The predicted molar refractivity (Wildman–Crippen MR) is 114 cm³/mol. The lowest BCUT2D eigenvalue weighted by molar-refractivity contribution is -0.263. The number of carbonyl (C=O) groups is 1. The fraction of sp³-hybridized carbons (Fsp3) is 0.240. The van der Waals surface area contributed by atoms with E-state index in [4.69, 9.17) is 4.74 Å². The zero-order chi connectivity index (χ0) is 25.4. The van der Waals surface area contributed by atoms with E-state index in [0.717, 1.165) is 28.3 Å². The second-order valence-electron chi connectivity index (χ2n) is 8.12. The molecule has 0 saturated heterocycles. The second-order valence-corrected chi connectivity index (χ2v) is 8.12. The maximum absolute atomic E-state index is 13.7.